The first kappa shape index (κ1) is 16.3. The summed E-state index contributed by atoms with van der Waals surface area (Å²) < 4.78 is 16.9. The largest absolute Gasteiger partial charge is 0.497 e. The van der Waals surface area contributed by atoms with Gasteiger partial charge >= 0.3 is 5.97 Å². The Hall–Kier alpha value is -2.53. The van der Waals surface area contributed by atoms with E-state index in [1.807, 2.05) is 24.3 Å². The van der Waals surface area contributed by atoms with Crippen LogP contribution >= 0.6 is 15.9 Å². The van der Waals surface area contributed by atoms with Crippen molar-refractivity contribution in [2.75, 3.05) is 14.2 Å². The minimum Gasteiger partial charge on any atom is -0.497 e. The Labute approximate surface area is 148 Å². The number of ether oxygens (including phenoxy) is 3. The Morgan fingerprint density at radius 2 is 1.79 bits per heavy atom. The minimum atomic E-state index is -0.384. The average Bonchev–Trinajstić information content (AvgIpc) is 2.96. The van der Waals surface area contributed by atoms with Crippen LogP contribution in [-0.4, -0.2) is 20.2 Å². The summed E-state index contributed by atoms with van der Waals surface area (Å²) in [4.78, 5) is 12.1. The number of halogens is 1. The molecule has 2 aromatic carbocycles. The Morgan fingerprint density at radius 1 is 1.04 bits per heavy atom. The quantitative estimate of drug-likeness (QED) is 0.575. The standard InChI is InChI=1S/C19H15BrO4/c1-22-15-7-8-16(17(11-15)23-2)18-10-13(19(21)24-18)9-12-3-5-14(20)6-4-12/h3-11H,1-2H3/b13-9+. The molecule has 0 aromatic heterocycles. The highest BCUT2D eigenvalue weighted by molar-refractivity contribution is 9.10. The number of benzene rings is 2. The zero-order chi connectivity index (χ0) is 17.1. The summed E-state index contributed by atoms with van der Waals surface area (Å²) >= 11 is 3.39. The lowest BCUT2D eigenvalue weighted by Crippen LogP contribution is -1.98. The summed E-state index contributed by atoms with van der Waals surface area (Å²) in [5.74, 6) is 1.33. The third-order valence-electron chi connectivity index (χ3n) is 3.59. The lowest BCUT2D eigenvalue weighted by Gasteiger charge is -2.10. The van der Waals surface area contributed by atoms with Crippen molar-refractivity contribution in [2.45, 2.75) is 0 Å². The smallest absolute Gasteiger partial charge is 0.343 e. The normalized spacial score (nSPS) is 15.2. The van der Waals surface area contributed by atoms with Crippen LogP contribution in [0.3, 0.4) is 0 Å². The first-order valence-electron chi connectivity index (χ1n) is 7.24. The van der Waals surface area contributed by atoms with Crippen molar-refractivity contribution in [3.63, 3.8) is 0 Å². The molecule has 1 aliphatic heterocycles. The number of rotatable bonds is 4. The van der Waals surface area contributed by atoms with Crippen molar-refractivity contribution in [1.29, 1.82) is 0 Å². The Balaban J connectivity index is 1.96. The number of carbonyl (C=O) groups is 1. The van der Waals surface area contributed by atoms with Crippen LogP contribution in [0, 0.1) is 0 Å². The van der Waals surface area contributed by atoms with E-state index in [9.17, 15) is 4.79 Å². The van der Waals surface area contributed by atoms with Crippen molar-refractivity contribution >= 4 is 33.7 Å². The lowest BCUT2D eigenvalue weighted by atomic mass is 10.1. The molecule has 5 heteroatoms. The highest BCUT2D eigenvalue weighted by atomic mass is 79.9. The van der Waals surface area contributed by atoms with E-state index in [0.29, 0.717) is 28.4 Å². The van der Waals surface area contributed by atoms with E-state index in [1.54, 1.807) is 44.6 Å². The first-order chi connectivity index (χ1) is 11.6. The maximum atomic E-state index is 12.1. The summed E-state index contributed by atoms with van der Waals surface area (Å²) in [5.41, 5.74) is 2.11. The van der Waals surface area contributed by atoms with Crippen molar-refractivity contribution in [3.8, 4) is 11.5 Å². The molecule has 0 aliphatic carbocycles. The number of esters is 1. The maximum absolute atomic E-state index is 12.1. The minimum absolute atomic E-state index is 0.384. The van der Waals surface area contributed by atoms with Gasteiger partial charge in [-0.1, -0.05) is 28.1 Å². The van der Waals surface area contributed by atoms with Gasteiger partial charge in [0.2, 0.25) is 0 Å². The van der Waals surface area contributed by atoms with Gasteiger partial charge in [0.15, 0.2) is 0 Å². The van der Waals surface area contributed by atoms with Gasteiger partial charge in [-0.2, -0.15) is 0 Å². The molecule has 3 rings (SSSR count). The van der Waals surface area contributed by atoms with Crippen molar-refractivity contribution in [3.05, 3.63) is 69.7 Å². The van der Waals surface area contributed by atoms with Crippen molar-refractivity contribution < 1.29 is 19.0 Å². The van der Waals surface area contributed by atoms with Crippen LogP contribution in [0.25, 0.3) is 11.8 Å². The van der Waals surface area contributed by atoms with E-state index in [1.165, 1.54) is 0 Å². The van der Waals surface area contributed by atoms with Gasteiger partial charge in [-0.3, -0.25) is 0 Å². The van der Waals surface area contributed by atoms with E-state index < -0.39 is 0 Å². The second-order valence-corrected chi connectivity index (χ2v) is 6.03. The van der Waals surface area contributed by atoms with Gasteiger partial charge in [0.05, 0.1) is 25.4 Å². The van der Waals surface area contributed by atoms with E-state index in [2.05, 4.69) is 15.9 Å². The molecule has 0 saturated carbocycles. The van der Waals surface area contributed by atoms with Gasteiger partial charge in [0.1, 0.15) is 17.3 Å². The molecule has 0 unspecified atom stereocenters. The molecule has 0 N–H and O–H groups in total. The Bertz CT molecular complexity index is 835. The molecular weight excluding hydrogens is 372 g/mol. The van der Waals surface area contributed by atoms with Gasteiger partial charge in [0.25, 0.3) is 0 Å². The summed E-state index contributed by atoms with van der Waals surface area (Å²) in [7, 11) is 3.15. The molecule has 4 nitrogen and oxygen atoms in total. The predicted octanol–water partition coefficient (Wildman–Crippen LogP) is 4.45. The van der Waals surface area contributed by atoms with Gasteiger partial charge in [-0.05, 0) is 42.0 Å². The van der Waals surface area contributed by atoms with Gasteiger partial charge in [-0.25, -0.2) is 4.79 Å². The third-order valence-corrected chi connectivity index (χ3v) is 4.12. The lowest BCUT2D eigenvalue weighted by molar-refractivity contribution is -0.130. The fraction of sp³-hybridized carbons (Fsp3) is 0.105. The van der Waals surface area contributed by atoms with Crippen LogP contribution in [0.2, 0.25) is 0 Å². The number of cyclic esters (lactones) is 1. The van der Waals surface area contributed by atoms with Gasteiger partial charge in [-0.15, -0.1) is 0 Å². The molecule has 0 radical (unpaired) electrons. The van der Waals surface area contributed by atoms with E-state index >= 15 is 0 Å². The maximum Gasteiger partial charge on any atom is 0.343 e. The molecule has 0 bridgehead atoms. The van der Waals surface area contributed by atoms with Crippen LogP contribution in [0.4, 0.5) is 0 Å². The molecule has 0 amide bonds. The monoisotopic (exact) mass is 386 g/mol. The topological polar surface area (TPSA) is 44.8 Å². The van der Waals surface area contributed by atoms with Gasteiger partial charge in [0, 0.05) is 10.5 Å². The zero-order valence-corrected chi connectivity index (χ0v) is 14.8. The number of hydrogen-bond acceptors (Lipinski definition) is 4. The Morgan fingerprint density at radius 3 is 2.46 bits per heavy atom. The van der Waals surface area contributed by atoms with Crippen LogP contribution in [-0.2, 0) is 9.53 Å². The van der Waals surface area contributed by atoms with Crippen molar-refractivity contribution in [1.82, 2.24) is 0 Å². The molecule has 24 heavy (non-hydrogen) atoms. The molecule has 0 saturated heterocycles. The molecule has 0 spiro atoms. The predicted molar refractivity (Wildman–Crippen MR) is 95.7 cm³/mol. The van der Waals surface area contributed by atoms with E-state index in [-0.39, 0.29) is 5.97 Å². The molecular formula is C19H15BrO4. The fourth-order valence-electron chi connectivity index (χ4n) is 2.36. The molecule has 1 heterocycles. The molecule has 0 atom stereocenters. The second kappa shape index (κ2) is 6.93. The van der Waals surface area contributed by atoms with Crippen LogP contribution in [0.15, 0.2) is 58.6 Å². The highest BCUT2D eigenvalue weighted by Gasteiger charge is 2.24. The van der Waals surface area contributed by atoms with Crippen LogP contribution in [0.1, 0.15) is 11.1 Å². The number of carbonyl (C=O) groups excluding carboxylic acids is 1. The molecule has 122 valence electrons. The molecule has 1 aliphatic rings. The first-order valence-corrected chi connectivity index (χ1v) is 8.03. The number of hydrogen-bond donors (Lipinski definition) is 0. The van der Waals surface area contributed by atoms with Crippen LogP contribution < -0.4 is 9.47 Å². The fourth-order valence-corrected chi connectivity index (χ4v) is 2.63. The number of methoxy groups -OCH3 is 2. The summed E-state index contributed by atoms with van der Waals surface area (Å²) in [6.45, 7) is 0. The van der Waals surface area contributed by atoms with Crippen molar-refractivity contribution in [2.24, 2.45) is 0 Å². The molecule has 0 fully saturated rings. The van der Waals surface area contributed by atoms with Gasteiger partial charge < -0.3 is 14.2 Å². The second-order valence-electron chi connectivity index (χ2n) is 5.12. The summed E-state index contributed by atoms with van der Waals surface area (Å²) in [6.07, 6.45) is 3.51. The van der Waals surface area contributed by atoms with E-state index in [4.69, 9.17) is 14.2 Å². The SMILES string of the molecule is COc1ccc(C2=C/C(=C\c3ccc(Br)cc3)C(=O)O2)c(OC)c1. The summed E-state index contributed by atoms with van der Waals surface area (Å²) in [6, 6.07) is 13.0. The zero-order valence-electron chi connectivity index (χ0n) is 13.2. The third kappa shape index (κ3) is 3.36. The molecule has 2 aromatic rings. The Kier molecular flexibility index (Phi) is 4.71. The summed E-state index contributed by atoms with van der Waals surface area (Å²) in [5, 5.41) is 0. The van der Waals surface area contributed by atoms with E-state index in [0.717, 1.165) is 10.0 Å². The highest BCUT2D eigenvalue weighted by Crippen LogP contribution is 2.35. The van der Waals surface area contributed by atoms with Crippen LogP contribution in [0.5, 0.6) is 11.5 Å². The average molecular weight is 387 g/mol.